The summed E-state index contributed by atoms with van der Waals surface area (Å²) in [6, 6.07) is 6.97. The second kappa shape index (κ2) is 6.76. The van der Waals surface area contributed by atoms with Crippen molar-refractivity contribution in [2.24, 2.45) is 0 Å². The molecule has 2 aromatic heterocycles. The highest BCUT2D eigenvalue weighted by Crippen LogP contribution is 2.33. The third kappa shape index (κ3) is 3.17. The van der Waals surface area contributed by atoms with Gasteiger partial charge in [-0.25, -0.2) is 0 Å². The summed E-state index contributed by atoms with van der Waals surface area (Å²) >= 11 is 7.42. The zero-order valence-electron chi connectivity index (χ0n) is 12.1. The van der Waals surface area contributed by atoms with E-state index in [1.54, 1.807) is 29.6 Å². The molecule has 1 N–H and O–H groups in total. The van der Waals surface area contributed by atoms with Crippen molar-refractivity contribution in [3.63, 3.8) is 0 Å². The number of carbonyl (C=O) groups is 1. The molecule has 9 heteroatoms. The number of carbonyl (C=O) groups excluding carboxylic acids is 1. The number of amides is 1. The van der Waals surface area contributed by atoms with Crippen LogP contribution in [0.5, 0.6) is 5.75 Å². The zero-order chi connectivity index (χ0) is 16.2. The predicted octanol–water partition coefficient (Wildman–Crippen LogP) is 3.03. The monoisotopic (exact) mass is 349 g/mol. The van der Waals surface area contributed by atoms with Crippen molar-refractivity contribution in [2.45, 2.75) is 6.92 Å². The molecular weight excluding hydrogens is 338 g/mol. The van der Waals surface area contributed by atoms with Gasteiger partial charge in [-0.15, -0.1) is 16.4 Å². The normalized spacial score (nSPS) is 10.5. The lowest BCUT2D eigenvalue weighted by molar-refractivity contribution is 0.103. The molecule has 0 unspecified atom stereocenters. The number of hydrogen-bond donors (Lipinski definition) is 1. The molecule has 2 heterocycles. The van der Waals surface area contributed by atoms with Crippen molar-refractivity contribution in [1.82, 2.24) is 20.2 Å². The van der Waals surface area contributed by atoms with Crippen LogP contribution in [0.4, 0.5) is 5.69 Å². The molecule has 0 saturated carbocycles. The maximum Gasteiger partial charge on any atom is 0.268 e. The Morgan fingerprint density at radius 2 is 2.30 bits per heavy atom. The van der Waals surface area contributed by atoms with Gasteiger partial charge >= 0.3 is 0 Å². The third-order valence-corrected chi connectivity index (χ3v) is 4.15. The molecule has 1 amide bonds. The minimum atomic E-state index is -0.284. The van der Waals surface area contributed by atoms with Crippen LogP contribution in [-0.4, -0.2) is 32.7 Å². The Labute approximate surface area is 140 Å². The Bertz CT molecular complexity index is 818. The highest BCUT2D eigenvalue weighted by Gasteiger charge is 2.18. The van der Waals surface area contributed by atoms with Crippen LogP contribution in [-0.2, 0) is 0 Å². The van der Waals surface area contributed by atoms with Gasteiger partial charge in [-0.3, -0.25) is 4.79 Å². The Morgan fingerprint density at radius 1 is 1.43 bits per heavy atom. The molecule has 0 aliphatic rings. The van der Waals surface area contributed by atoms with Gasteiger partial charge in [0, 0.05) is 0 Å². The highest BCUT2D eigenvalue weighted by molar-refractivity contribution is 7.12. The number of nitrogens with zero attached hydrogens (tertiary/aromatic N) is 4. The van der Waals surface area contributed by atoms with Crippen LogP contribution in [0.25, 0.3) is 5.69 Å². The molecule has 7 nitrogen and oxygen atoms in total. The summed E-state index contributed by atoms with van der Waals surface area (Å²) in [5.74, 6) is 0.166. The van der Waals surface area contributed by atoms with E-state index >= 15 is 0 Å². The summed E-state index contributed by atoms with van der Waals surface area (Å²) in [4.78, 5) is 13.1. The Hall–Kier alpha value is -2.45. The van der Waals surface area contributed by atoms with Crippen molar-refractivity contribution in [3.8, 4) is 11.4 Å². The number of rotatable bonds is 5. The van der Waals surface area contributed by atoms with Crippen molar-refractivity contribution < 1.29 is 9.53 Å². The summed E-state index contributed by atoms with van der Waals surface area (Å²) in [7, 11) is 0. The minimum absolute atomic E-state index is 0.284. The third-order valence-electron chi connectivity index (χ3n) is 2.95. The van der Waals surface area contributed by atoms with E-state index in [1.807, 2.05) is 6.92 Å². The number of aromatic nitrogens is 4. The molecule has 0 fully saturated rings. The van der Waals surface area contributed by atoms with Gasteiger partial charge in [0.2, 0.25) is 0 Å². The molecule has 0 saturated heterocycles. The first-order chi connectivity index (χ1) is 11.2. The molecule has 118 valence electrons. The second-order valence-electron chi connectivity index (χ2n) is 4.39. The van der Waals surface area contributed by atoms with Crippen molar-refractivity contribution in [3.05, 3.63) is 45.9 Å². The fraction of sp³-hybridized carbons (Fsp3) is 0.143. The number of anilines is 1. The number of nitrogens with one attached hydrogen (secondary N) is 1. The van der Waals surface area contributed by atoms with Gasteiger partial charge in [0.1, 0.15) is 11.2 Å². The van der Waals surface area contributed by atoms with Crippen molar-refractivity contribution >= 4 is 34.5 Å². The molecule has 3 aromatic rings. The average molecular weight is 350 g/mol. The van der Waals surface area contributed by atoms with Gasteiger partial charge in [-0.2, -0.15) is 4.68 Å². The van der Waals surface area contributed by atoms with Crippen LogP contribution in [0.1, 0.15) is 16.6 Å². The van der Waals surface area contributed by atoms with E-state index in [1.165, 1.54) is 22.3 Å². The smallest absolute Gasteiger partial charge is 0.268 e. The predicted molar refractivity (Wildman–Crippen MR) is 87.6 cm³/mol. The maximum atomic E-state index is 12.6. The lowest BCUT2D eigenvalue weighted by Gasteiger charge is -2.12. The van der Waals surface area contributed by atoms with Crippen LogP contribution in [0.2, 0.25) is 5.02 Å². The van der Waals surface area contributed by atoms with E-state index in [2.05, 4.69) is 20.8 Å². The molecule has 0 radical (unpaired) electrons. The van der Waals surface area contributed by atoms with E-state index in [4.69, 9.17) is 16.3 Å². The molecule has 0 aliphatic heterocycles. The first-order valence-electron chi connectivity index (χ1n) is 6.74. The number of hydrogen-bond acceptors (Lipinski definition) is 6. The van der Waals surface area contributed by atoms with Gasteiger partial charge in [-0.05, 0) is 40.9 Å². The number of halogens is 1. The molecule has 1 aromatic carbocycles. The van der Waals surface area contributed by atoms with E-state index in [0.717, 1.165) is 0 Å². The summed E-state index contributed by atoms with van der Waals surface area (Å²) < 4.78 is 6.95. The number of thiophene rings is 1. The van der Waals surface area contributed by atoms with Crippen LogP contribution in [0.15, 0.2) is 36.0 Å². The summed E-state index contributed by atoms with van der Waals surface area (Å²) in [5, 5.41) is 16.0. The van der Waals surface area contributed by atoms with Gasteiger partial charge in [-0.1, -0.05) is 17.7 Å². The Morgan fingerprint density at radius 3 is 3.04 bits per heavy atom. The van der Waals surface area contributed by atoms with Crippen LogP contribution >= 0.6 is 22.9 Å². The molecule has 23 heavy (non-hydrogen) atoms. The minimum Gasteiger partial charge on any atom is -0.490 e. The van der Waals surface area contributed by atoms with Crippen LogP contribution in [0.3, 0.4) is 0 Å². The van der Waals surface area contributed by atoms with Gasteiger partial charge in [0.05, 0.1) is 23.0 Å². The number of para-hydroxylation sites is 1. The lowest BCUT2D eigenvalue weighted by atomic mass is 10.2. The molecule has 0 spiro atoms. The first-order valence-corrected chi connectivity index (χ1v) is 8.00. The van der Waals surface area contributed by atoms with Crippen molar-refractivity contribution in [2.75, 3.05) is 11.9 Å². The summed E-state index contributed by atoms with van der Waals surface area (Å²) in [6.07, 6.45) is 1.43. The van der Waals surface area contributed by atoms with Gasteiger partial charge < -0.3 is 10.1 Å². The SMILES string of the molecule is CCOc1c(Cl)cccc1NC(=O)c1sccc1-n1cnnn1. The number of benzene rings is 1. The van der Waals surface area contributed by atoms with Crippen LogP contribution < -0.4 is 10.1 Å². The van der Waals surface area contributed by atoms with E-state index in [-0.39, 0.29) is 5.91 Å². The van der Waals surface area contributed by atoms with E-state index < -0.39 is 0 Å². The van der Waals surface area contributed by atoms with E-state index in [9.17, 15) is 4.79 Å². The fourth-order valence-corrected chi connectivity index (χ4v) is 3.00. The molecule has 3 rings (SSSR count). The number of tetrazole rings is 1. The average Bonchev–Trinajstić information content (AvgIpc) is 3.20. The van der Waals surface area contributed by atoms with Crippen molar-refractivity contribution in [1.29, 1.82) is 0 Å². The van der Waals surface area contributed by atoms with Crippen LogP contribution in [0, 0.1) is 0 Å². The highest BCUT2D eigenvalue weighted by atomic mass is 35.5. The standard InChI is InChI=1S/C14H12ClN5O2S/c1-2-22-12-9(15)4-3-5-10(12)17-14(21)13-11(6-7-23-13)20-8-16-18-19-20/h3-8H,2H2,1H3,(H,17,21). The van der Waals surface area contributed by atoms with Gasteiger partial charge in [0.15, 0.2) is 5.75 Å². The molecule has 0 aliphatic carbocycles. The lowest BCUT2D eigenvalue weighted by Crippen LogP contribution is -2.14. The molecule has 0 atom stereocenters. The number of ether oxygens (including phenoxy) is 1. The Kier molecular flexibility index (Phi) is 4.54. The summed E-state index contributed by atoms with van der Waals surface area (Å²) in [6.45, 7) is 2.30. The zero-order valence-corrected chi connectivity index (χ0v) is 13.6. The maximum absolute atomic E-state index is 12.6. The topological polar surface area (TPSA) is 81.9 Å². The summed E-state index contributed by atoms with van der Waals surface area (Å²) in [5.41, 5.74) is 1.12. The van der Waals surface area contributed by atoms with Gasteiger partial charge in [0.25, 0.3) is 5.91 Å². The first kappa shape index (κ1) is 15.4. The largest absolute Gasteiger partial charge is 0.490 e. The second-order valence-corrected chi connectivity index (χ2v) is 5.72. The molecule has 0 bridgehead atoms. The quantitative estimate of drug-likeness (QED) is 0.765. The Balaban J connectivity index is 1.89. The van der Waals surface area contributed by atoms with E-state index in [0.29, 0.717) is 33.6 Å². The fourth-order valence-electron chi connectivity index (χ4n) is 2.00. The molecular formula is C14H12ClN5O2S.